The molecule has 2 heterocycles. The maximum Gasteiger partial charge on any atom is 0.272 e. The van der Waals surface area contributed by atoms with Gasteiger partial charge in [0.15, 0.2) is 0 Å². The highest BCUT2D eigenvalue weighted by Crippen LogP contribution is 2.21. The summed E-state index contributed by atoms with van der Waals surface area (Å²) in [7, 11) is 0. The molecule has 0 atom stereocenters. The molecule has 0 radical (unpaired) electrons. The zero-order valence-electron chi connectivity index (χ0n) is 16.2. The molecule has 27 heavy (non-hydrogen) atoms. The molecular formula is C20H26ClN5O. The highest BCUT2D eigenvalue weighted by Gasteiger charge is 2.24. The Hall–Kier alpha value is -2.34. The van der Waals surface area contributed by atoms with Gasteiger partial charge in [-0.05, 0) is 45.0 Å². The van der Waals surface area contributed by atoms with Gasteiger partial charge in [0.25, 0.3) is 5.91 Å². The monoisotopic (exact) mass is 387 g/mol. The number of halogens is 1. The number of piperazine rings is 1. The van der Waals surface area contributed by atoms with Crippen molar-refractivity contribution in [1.29, 1.82) is 0 Å². The van der Waals surface area contributed by atoms with Gasteiger partial charge in [-0.3, -0.25) is 4.79 Å². The molecule has 1 aromatic heterocycles. The van der Waals surface area contributed by atoms with Crippen molar-refractivity contribution in [3.8, 4) is 0 Å². The third-order valence-electron chi connectivity index (χ3n) is 4.85. The Kier molecular flexibility index (Phi) is 6.16. The molecule has 6 nitrogen and oxygen atoms in total. The van der Waals surface area contributed by atoms with Crippen LogP contribution in [0.5, 0.6) is 0 Å². The summed E-state index contributed by atoms with van der Waals surface area (Å²) in [6.45, 7) is 10.5. The standard InChI is InChI=1S/C20H26ClN5O/c1-4-24(5-2)20-22-15(3)13-18(23-20)19(27)26-11-9-25(10-12-26)17-8-6-7-16(21)14-17/h6-8,13-14H,4-5,9-12H2,1-3H3. The molecule has 0 N–H and O–H groups in total. The van der Waals surface area contributed by atoms with Crippen LogP contribution in [0.25, 0.3) is 0 Å². The van der Waals surface area contributed by atoms with Gasteiger partial charge in [0, 0.05) is 55.7 Å². The Labute approximate surface area is 165 Å². The lowest BCUT2D eigenvalue weighted by molar-refractivity contribution is 0.0740. The smallest absolute Gasteiger partial charge is 0.272 e. The molecule has 0 unspecified atom stereocenters. The lowest BCUT2D eigenvalue weighted by Crippen LogP contribution is -2.49. The minimum Gasteiger partial charge on any atom is -0.368 e. The molecule has 3 rings (SSSR count). The zero-order chi connectivity index (χ0) is 19.4. The van der Waals surface area contributed by atoms with Gasteiger partial charge in [-0.15, -0.1) is 0 Å². The van der Waals surface area contributed by atoms with Gasteiger partial charge in [0.2, 0.25) is 5.95 Å². The number of hydrogen-bond donors (Lipinski definition) is 0. The number of benzene rings is 1. The summed E-state index contributed by atoms with van der Waals surface area (Å²) >= 11 is 6.09. The van der Waals surface area contributed by atoms with E-state index in [4.69, 9.17) is 11.6 Å². The molecule has 1 amide bonds. The highest BCUT2D eigenvalue weighted by atomic mass is 35.5. The van der Waals surface area contributed by atoms with Gasteiger partial charge < -0.3 is 14.7 Å². The van der Waals surface area contributed by atoms with E-state index in [-0.39, 0.29) is 5.91 Å². The second-order valence-electron chi connectivity index (χ2n) is 6.63. The first-order chi connectivity index (χ1) is 13.0. The fourth-order valence-electron chi connectivity index (χ4n) is 3.31. The van der Waals surface area contributed by atoms with Crippen molar-refractivity contribution in [3.63, 3.8) is 0 Å². The van der Waals surface area contributed by atoms with Gasteiger partial charge in [-0.25, -0.2) is 9.97 Å². The van der Waals surface area contributed by atoms with Crippen molar-refractivity contribution in [3.05, 3.63) is 46.7 Å². The summed E-state index contributed by atoms with van der Waals surface area (Å²) in [6, 6.07) is 9.61. The maximum absolute atomic E-state index is 13.0. The molecule has 0 saturated carbocycles. The second-order valence-corrected chi connectivity index (χ2v) is 7.06. The molecule has 1 fully saturated rings. The van der Waals surface area contributed by atoms with E-state index in [1.807, 2.05) is 36.1 Å². The SMILES string of the molecule is CCN(CC)c1nc(C)cc(C(=O)N2CCN(c3cccc(Cl)c3)CC2)n1. The van der Waals surface area contributed by atoms with Crippen LogP contribution in [-0.4, -0.2) is 60.0 Å². The molecule has 1 aliphatic heterocycles. The number of amides is 1. The van der Waals surface area contributed by atoms with E-state index in [0.29, 0.717) is 24.7 Å². The first-order valence-electron chi connectivity index (χ1n) is 9.42. The topological polar surface area (TPSA) is 52.6 Å². The average Bonchev–Trinajstić information content (AvgIpc) is 2.68. The van der Waals surface area contributed by atoms with Crippen molar-refractivity contribution in [2.75, 3.05) is 49.1 Å². The largest absolute Gasteiger partial charge is 0.368 e. The molecule has 1 saturated heterocycles. The molecule has 144 valence electrons. The average molecular weight is 388 g/mol. The van der Waals surface area contributed by atoms with Crippen molar-refractivity contribution >= 4 is 29.1 Å². The molecule has 0 aliphatic carbocycles. The summed E-state index contributed by atoms with van der Waals surface area (Å²) in [5, 5.41) is 0.728. The minimum atomic E-state index is -0.0281. The summed E-state index contributed by atoms with van der Waals surface area (Å²) in [5.74, 6) is 0.598. The van der Waals surface area contributed by atoms with E-state index in [9.17, 15) is 4.79 Å². The summed E-state index contributed by atoms with van der Waals surface area (Å²) < 4.78 is 0. The summed E-state index contributed by atoms with van der Waals surface area (Å²) in [6.07, 6.45) is 0. The molecule has 1 aromatic carbocycles. The van der Waals surface area contributed by atoms with Crippen LogP contribution in [-0.2, 0) is 0 Å². The minimum absolute atomic E-state index is 0.0281. The Morgan fingerprint density at radius 2 is 1.81 bits per heavy atom. The predicted molar refractivity (Wildman–Crippen MR) is 110 cm³/mol. The van der Waals surface area contributed by atoms with Crippen LogP contribution in [0.1, 0.15) is 30.0 Å². The second kappa shape index (κ2) is 8.57. The molecule has 0 bridgehead atoms. The zero-order valence-corrected chi connectivity index (χ0v) is 16.9. The van der Waals surface area contributed by atoms with Crippen molar-refractivity contribution in [2.24, 2.45) is 0 Å². The number of aromatic nitrogens is 2. The van der Waals surface area contributed by atoms with Gasteiger partial charge in [-0.2, -0.15) is 0 Å². The normalized spacial score (nSPS) is 14.4. The quantitative estimate of drug-likeness (QED) is 0.788. The fourth-order valence-corrected chi connectivity index (χ4v) is 3.50. The summed E-state index contributed by atoms with van der Waals surface area (Å²) in [5.41, 5.74) is 2.38. The van der Waals surface area contributed by atoms with E-state index in [1.54, 1.807) is 6.07 Å². The molecule has 1 aliphatic rings. The lowest BCUT2D eigenvalue weighted by Gasteiger charge is -2.36. The van der Waals surface area contributed by atoms with Crippen LogP contribution in [0.4, 0.5) is 11.6 Å². The van der Waals surface area contributed by atoms with Gasteiger partial charge in [0.1, 0.15) is 5.69 Å². The Balaban J connectivity index is 1.70. The van der Waals surface area contributed by atoms with Crippen molar-refractivity contribution in [1.82, 2.24) is 14.9 Å². The Morgan fingerprint density at radius 1 is 1.11 bits per heavy atom. The first-order valence-corrected chi connectivity index (χ1v) is 9.80. The highest BCUT2D eigenvalue weighted by molar-refractivity contribution is 6.30. The van der Waals surface area contributed by atoms with E-state index < -0.39 is 0 Å². The third-order valence-corrected chi connectivity index (χ3v) is 5.08. The molecule has 0 spiro atoms. The van der Waals surface area contributed by atoms with Crippen molar-refractivity contribution < 1.29 is 4.79 Å². The molecule has 2 aromatic rings. The number of rotatable bonds is 5. The fraction of sp³-hybridized carbons (Fsp3) is 0.450. The van der Waals surface area contributed by atoms with Crippen LogP contribution in [0.3, 0.4) is 0 Å². The predicted octanol–water partition coefficient (Wildman–Crippen LogP) is 3.25. The van der Waals surface area contributed by atoms with Crippen LogP contribution in [0.2, 0.25) is 5.02 Å². The van der Waals surface area contributed by atoms with E-state index in [2.05, 4.69) is 33.6 Å². The van der Waals surface area contributed by atoms with Crippen molar-refractivity contribution in [2.45, 2.75) is 20.8 Å². The van der Waals surface area contributed by atoms with Crippen LogP contribution in [0.15, 0.2) is 30.3 Å². The van der Waals surface area contributed by atoms with Crippen LogP contribution < -0.4 is 9.80 Å². The van der Waals surface area contributed by atoms with E-state index in [0.717, 1.165) is 42.6 Å². The van der Waals surface area contributed by atoms with Gasteiger partial charge >= 0.3 is 0 Å². The van der Waals surface area contributed by atoms with Gasteiger partial charge in [-0.1, -0.05) is 17.7 Å². The van der Waals surface area contributed by atoms with Crippen LogP contribution in [0, 0.1) is 6.92 Å². The molecular weight excluding hydrogens is 362 g/mol. The van der Waals surface area contributed by atoms with E-state index in [1.165, 1.54) is 0 Å². The maximum atomic E-state index is 13.0. The van der Waals surface area contributed by atoms with Gasteiger partial charge in [0.05, 0.1) is 0 Å². The number of carbonyl (C=O) groups is 1. The van der Waals surface area contributed by atoms with Crippen LogP contribution >= 0.6 is 11.6 Å². The Morgan fingerprint density at radius 3 is 2.44 bits per heavy atom. The number of carbonyl (C=O) groups excluding carboxylic acids is 1. The number of aryl methyl sites for hydroxylation is 1. The Bertz CT molecular complexity index is 801. The lowest BCUT2D eigenvalue weighted by atomic mass is 10.2. The van der Waals surface area contributed by atoms with E-state index >= 15 is 0 Å². The summed E-state index contributed by atoms with van der Waals surface area (Å²) in [4.78, 5) is 28.2. The number of hydrogen-bond acceptors (Lipinski definition) is 5. The third kappa shape index (κ3) is 4.50. The molecule has 7 heteroatoms. The first kappa shape index (κ1) is 19.4. The number of nitrogens with zero attached hydrogens (tertiary/aromatic N) is 5. The number of anilines is 2.